The fourth-order valence-corrected chi connectivity index (χ4v) is 11.8. The van der Waals surface area contributed by atoms with Crippen molar-refractivity contribution >= 4 is 61.1 Å². The molecule has 0 saturated carbocycles. The molecule has 334 valence electrons. The minimum absolute atomic E-state index is 0.436. The maximum Gasteiger partial charge on any atom is 0.160 e. The molecule has 2 heterocycles. The van der Waals surface area contributed by atoms with E-state index < -0.39 is 5.41 Å². The molecule has 0 bridgehead atoms. The average molecular weight is 909 g/mol. The van der Waals surface area contributed by atoms with Gasteiger partial charge in [0, 0.05) is 38.4 Å². The molecule has 0 aliphatic heterocycles. The van der Waals surface area contributed by atoms with Crippen LogP contribution < -0.4 is 0 Å². The highest BCUT2D eigenvalue weighted by Crippen LogP contribution is 2.64. The van der Waals surface area contributed by atoms with Crippen molar-refractivity contribution in [3.63, 3.8) is 0 Å². The monoisotopic (exact) mass is 908 g/mol. The number of amidine groups is 1. The molecule has 0 radical (unpaired) electrons. The molecule has 0 atom stereocenters. The second-order valence-corrected chi connectivity index (χ2v) is 18.7. The van der Waals surface area contributed by atoms with E-state index in [1.807, 2.05) is 42.5 Å². The van der Waals surface area contributed by atoms with Gasteiger partial charge in [0.2, 0.25) is 0 Å². The molecule has 12 aromatic rings. The van der Waals surface area contributed by atoms with Crippen LogP contribution in [0.3, 0.4) is 0 Å². The lowest BCUT2D eigenvalue weighted by molar-refractivity contribution is 0.668. The number of nitrogens with zero attached hydrogens (tertiary/aromatic N) is 2. The number of benzene rings is 10. The first-order valence-corrected chi connectivity index (χ1v) is 24.4. The first kappa shape index (κ1) is 40.9. The topological polar surface area (TPSA) is 51.0 Å². The van der Waals surface area contributed by atoms with Crippen molar-refractivity contribution in [1.29, 1.82) is 0 Å². The SMILES string of the molecule is C=C(N=C(N=C(CC)c1ccc(-c2ccccc2)cc1)c1cccc2oc3ccc(-c4cccc5c4-c4ccccc4C54c5ccccc5-c5ccccc54)cc3c12)c1ccc2c(c1)oc1ccccc12. The van der Waals surface area contributed by atoms with Gasteiger partial charge in [-0.3, -0.25) is 0 Å². The summed E-state index contributed by atoms with van der Waals surface area (Å²) in [5.41, 5.74) is 22.0. The highest BCUT2D eigenvalue weighted by atomic mass is 16.3. The number of fused-ring (bicyclic) bond motifs is 16. The quantitative estimate of drug-likeness (QED) is 0.118. The van der Waals surface area contributed by atoms with Crippen LogP contribution in [0.25, 0.3) is 94.1 Å². The maximum atomic E-state index is 6.74. The summed E-state index contributed by atoms with van der Waals surface area (Å²) >= 11 is 0. The van der Waals surface area contributed by atoms with Crippen molar-refractivity contribution in [2.45, 2.75) is 18.8 Å². The normalized spacial score (nSPS) is 13.5. The number of hydrogen-bond donors (Lipinski definition) is 0. The van der Waals surface area contributed by atoms with Crippen LogP contribution in [0.2, 0.25) is 0 Å². The molecule has 2 aromatic heterocycles. The standard InChI is InChI=1S/C67H44N2O2/c1-3-59(44-33-31-43(32-34-44)42-17-5-4-6-18-42)69-66(68-41(2)45-35-37-51-50-21-10-14-29-60(50)71-63(51)40-45)53-24-16-30-62-65(53)54-39-46(36-38-61(54)70-62)47-23-15-28-58-64(47)52-22-9-13-27-57(52)67(58)55-25-11-7-19-48(55)49-20-8-12-26-56(49)67/h4-40H,2-3H2,1H3. The van der Waals surface area contributed by atoms with Crippen LogP contribution in [0.1, 0.15) is 52.3 Å². The van der Waals surface area contributed by atoms with Crippen LogP contribution in [-0.4, -0.2) is 11.5 Å². The Balaban J connectivity index is 0.951. The summed E-state index contributed by atoms with van der Waals surface area (Å²) in [6, 6.07) is 80.1. The fourth-order valence-electron chi connectivity index (χ4n) is 11.8. The number of furan rings is 2. The van der Waals surface area contributed by atoms with E-state index in [2.05, 4.69) is 195 Å². The summed E-state index contributed by atoms with van der Waals surface area (Å²) in [5, 5.41) is 4.07. The van der Waals surface area contributed by atoms with Crippen molar-refractivity contribution < 1.29 is 8.83 Å². The predicted molar refractivity (Wildman–Crippen MR) is 293 cm³/mol. The van der Waals surface area contributed by atoms with Gasteiger partial charge in [-0.05, 0) is 115 Å². The Kier molecular flexibility index (Phi) is 9.21. The molecule has 0 amide bonds. The van der Waals surface area contributed by atoms with Crippen LogP contribution >= 0.6 is 0 Å². The molecular formula is C67H44N2O2. The molecule has 14 rings (SSSR count). The molecule has 1 spiro atoms. The van der Waals surface area contributed by atoms with Crippen molar-refractivity contribution in [2.75, 3.05) is 0 Å². The summed E-state index contributed by atoms with van der Waals surface area (Å²) in [5.74, 6) is 0.553. The minimum atomic E-state index is -0.436. The summed E-state index contributed by atoms with van der Waals surface area (Å²) < 4.78 is 13.1. The number of hydrogen-bond acceptors (Lipinski definition) is 3. The lowest BCUT2D eigenvalue weighted by atomic mass is 9.70. The molecule has 4 nitrogen and oxygen atoms in total. The Morgan fingerprint density at radius 2 is 0.986 bits per heavy atom. The first-order valence-electron chi connectivity index (χ1n) is 24.4. The Hall–Kier alpha value is -9.12. The van der Waals surface area contributed by atoms with Crippen LogP contribution in [0, 0.1) is 0 Å². The van der Waals surface area contributed by atoms with Gasteiger partial charge in [-0.25, -0.2) is 9.98 Å². The fraction of sp³-hybridized carbons (Fsp3) is 0.0448. The van der Waals surface area contributed by atoms with Gasteiger partial charge >= 0.3 is 0 Å². The lowest BCUT2D eigenvalue weighted by Gasteiger charge is -2.30. The average Bonchev–Trinajstić information content (AvgIpc) is 4.18. The van der Waals surface area contributed by atoms with E-state index in [-0.39, 0.29) is 0 Å². The summed E-state index contributed by atoms with van der Waals surface area (Å²) in [7, 11) is 0. The smallest absolute Gasteiger partial charge is 0.160 e. The highest BCUT2D eigenvalue weighted by Gasteiger charge is 2.52. The van der Waals surface area contributed by atoms with E-state index >= 15 is 0 Å². The number of para-hydroxylation sites is 1. The molecule has 0 fully saturated rings. The van der Waals surface area contributed by atoms with Crippen LogP contribution in [-0.2, 0) is 5.41 Å². The summed E-state index contributed by atoms with van der Waals surface area (Å²) in [6.07, 6.45) is 0.685. The second kappa shape index (κ2) is 16.0. The van der Waals surface area contributed by atoms with E-state index in [1.54, 1.807) is 0 Å². The summed E-state index contributed by atoms with van der Waals surface area (Å²) in [6.45, 7) is 6.72. The zero-order chi connectivity index (χ0) is 47.2. The third-order valence-electron chi connectivity index (χ3n) is 14.9. The molecule has 2 aliphatic rings. The van der Waals surface area contributed by atoms with E-state index in [0.29, 0.717) is 18.0 Å². The molecule has 0 unspecified atom stereocenters. The van der Waals surface area contributed by atoms with Gasteiger partial charge in [0.1, 0.15) is 22.3 Å². The molecule has 0 saturated heterocycles. The van der Waals surface area contributed by atoms with E-state index in [1.165, 1.54) is 55.6 Å². The van der Waals surface area contributed by atoms with E-state index in [0.717, 1.165) is 77.4 Å². The maximum absolute atomic E-state index is 6.74. The zero-order valence-electron chi connectivity index (χ0n) is 39.0. The molecule has 2 aliphatic carbocycles. The minimum Gasteiger partial charge on any atom is -0.456 e. The van der Waals surface area contributed by atoms with Crippen molar-refractivity contribution in [1.82, 2.24) is 0 Å². The summed E-state index contributed by atoms with van der Waals surface area (Å²) in [4.78, 5) is 10.9. The molecule has 0 N–H and O–H groups in total. The molecule has 10 aromatic carbocycles. The Morgan fingerprint density at radius 1 is 0.423 bits per heavy atom. The molecule has 4 heteroatoms. The van der Waals surface area contributed by atoms with E-state index in [4.69, 9.17) is 18.8 Å². The number of aliphatic imine (C=N–C) groups is 2. The number of rotatable bonds is 7. The lowest BCUT2D eigenvalue weighted by Crippen LogP contribution is -2.25. The first-order chi connectivity index (χ1) is 35.1. The van der Waals surface area contributed by atoms with Gasteiger partial charge in [0.25, 0.3) is 0 Å². The van der Waals surface area contributed by atoms with Gasteiger partial charge in [0.05, 0.1) is 11.1 Å². The largest absolute Gasteiger partial charge is 0.456 e. The van der Waals surface area contributed by atoms with Crippen LogP contribution in [0.4, 0.5) is 0 Å². The van der Waals surface area contributed by atoms with Crippen molar-refractivity contribution in [2.24, 2.45) is 9.98 Å². The Morgan fingerprint density at radius 3 is 1.76 bits per heavy atom. The zero-order valence-corrected chi connectivity index (χ0v) is 39.0. The Bertz CT molecular complexity index is 4180. The third-order valence-corrected chi connectivity index (χ3v) is 14.9. The molecular weight excluding hydrogens is 865 g/mol. The predicted octanol–water partition coefficient (Wildman–Crippen LogP) is 17.5. The van der Waals surface area contributed by atoms with Crippen molar-refractivity contribution in [3.05, 3.63) is 270 Å². The second-order valence-electron chi connectivity index (χ2n) is 18.7. The highest BCUT2D eigenvalue weighted by molar-refractivity contribution is 6.23. The van der Waals surface area contributed by atoms with Crippen molar-refractivity contribution in [3.8, 4) is 44.5 Å². The van der Waals surface area contributed by atoms with Gasteiger partial charge in [-0.2, -0.15) is 0 Å². The molecule has 71 heavy (non-hydrogen) atoms. The van der Waals surface area contributed by atoms with Gasteiger partial charge in [-0.1, -0.05) is 202 Å². The van der Waals surface area contributed by atoms with E-state index in [9.17, 15) is 0 Å². The third kappa shape index (κ3) is 6.17. The Labute approximate surface area is 411 Å². The van der Waals surface area contributed by atoms with Crippen LogP contribution in [0.5, 0.6) is 0 Å². The van der Waals surface area contributed by atoms with Gasteiger partial charge < -0.3 is 8.83 Å². The van der Waals surface area contributed by atoms with Gasteiger partial charge in [0.15, 0.2) is 5.84 Å². The van der Waals surface area contributed by atoms with Gasteiger partial charge in [-0.15, -0.1) is 0 Å². The van der Waals surface area contributed by atoms with Crippen LogP contribution in [0.15, 0.2) is 250 Å².